The fourth-order valence-corrected chi connectivity index (χ4v) is 2.47. The number of hydrogen-bond acceptors (Lipinski definition) is 3. The molecule has 0 spiro atoms. The van der Waals surface area contributed by atoms with Crippen LogP contribution in [0.25, 0.3) is 0 Å². The molecule has 0 amide bonds. The lowest BCUT2D eigenvalue weighted by molar-refractivity contribution is 0.447. The monoisotopic (exact) mass is 235 g/mol. The molecule has 16 heavy (non-hydrogen) atoms. The van der Waals surface area contributed by atoms with E-state index in [0.717, 1.165) is 18.7 Å². The summed E-state index contributed by atoms with van der Waals surface area (Å²) in [6.07, 6.45) is 2.86. The van der Waals surface area contributed by atoms with Crippen LogP contribution in [0.4, 0.5) is 0 Å². The van der Waals surface area contributed by atoms with E-state index in [1.54, 1.807) is 17.6 Å². The lowest BCUT2D eigenvalue weighted by Crippen LogP contribution is -2.22. The van der Waals surface area contributed by atoms with E-state index in [1.165, 1.54) is 10.4 Å². The van der Waals surface area contributed by atoms with E-state index in [4.69, 9.17) is 4.42 Å². The first kappa shape index (κ1) is 11.4. The van der Waals surface area contributed by atoms with Crippen molar-refractivity contribution in [3.8, 4) is 0 Å². The molecule has 0 fully saturated rings. The van der Waals surface area contributed by atoms with Gasteiger partial charge in [0.05, 0.1) is 12.3 Å². The van der Waals surface area contributed by atoms with Gasteiger partial charge >= 0.3 is 0 Å². The summed E-state index contributed by atoms with van der Waals surface area (Å²) < 4.78 is 5.50. The highest BCUT2D eigenvalue weighted by Gasteiger charge is 2.16. The lowest BCUT2D eigenvalue weighted by Gasteiger charge is -2.14. The molecule has 86 valence electrons. The van der Waals surface area contributed by atoms with Crippen molar-refractivity contribution in [1.29, 1.82) is 0 Å². The minimum Gasteiger partial charge on any atom is -0.467 e. The third-order valence-electron chi connectivity index (χ3n) is 2.51. The minimum atomic E-state index is 0.194. The molecule has 0 saturated carbocycles. The van der Waals surface area contributed by atoms with Gasteiger partial charge < -0.3 is 9.73 Å². The molecule has 2 heterocycles. The van der Waals surface area contributed by atoms with Gasteiger partial charge in [-0.05, 0) is 49.0 Å². The van der Waals surface area contributed by atoms with Crippen molar-refractivity contribution in [2.45, 2.75) is 26.3 Å². The zero-order chi connectivity index (χ0) is 11.4. The molecule has 1 unspecified atom stereocenters. The van der Waals surface area contributed by atoms with Gasteiger partial charge in [-0.25, -0.2) is 0 Å². The molecule has 3 heteroatoms. The Hall–Kier alpha value is -1.06. The van der Waals surface area contributed by atoms with Crippen LogP contribution in [-0.2, 0) is 0 Å². The highest BCUT2D eigenvalue weighted by Crippen LogP contribution is 2.26. The van der Waals surface area contributed by atoms with Gasteiger partial charge in [0.25, 0.3) is 0 Å². The second-order valence-electron chi connectivity index (χ2n) is 3.89. The second-order valence-corrected chi connectivity index (χ2v) is 5.01. The lowest BCUT2D eigenvalue weighted by atomic mass is 10.1. The Morgan fingerprint density at radius 3 is 2.94 bits per heavy atom. The first-order chi connectivity index (χ1) is 7.81. The summed E-state index contributed by atoms with van der Waals surface area (Å²) in [5, 5.41) is 5.71. The van der Waals surface area contributed by atoms with Gasteiger partial charge in [0, 0.05) is 4.88 Å². The Labute approximate surface area is 100 Å². The average molecular weight is 235 g/mol. The molecule has 0 aromatic carbocycles. The number of thiophene rings is 1. The summed E-state index contributed by atoms with van der Waals surface area (Å²) in [5.74, 6) is 0.992. The predicted octanol–water partition coefficient (Wildman–Crippen LogP) is 3.74. The van der Waals surface area contributed by atoms with E-state index in [0.29, 0.717) is 0 Å². The Morgan fingerprint density at radius 1 is 1.50 bits per heavy atom. The standard InChI is InChI=1S/C13H17NOS/c1-3-6-14-13(12-5-4-7-15-12)11-8-10(2)16-9-11/h4-5,7-9,13-14H,3,6H2,1-2H3. The molecule has 2 aromatic heterocycles. The SMILES string of the molecule is CCCNC(c1csc(C)c1)c1ccco1. The van der Waals surface area contributed by atoms with E-state index in [-0.39, 0.29) is 6.04 Å². The summed E-state index contributed by atoms with van der Waals surface area (Å²) >= 11 is 1.78. The maximum absolute atomic E-state index is 5.50. The topological polar surface area (TPSA) is 25.2 Å². The van der Waals surface area contributed by atoms with E-state index < -0.39 is 0 Å². The fourth-order valence-electron chi connectivity index (χ4n) is 1.74. The molecule has 2 rings (SSSR count). The zero-order valence-corrected chi connectivity index (χ0v) is 10.5. The molecule has 0 saturated heterocycles. The van der Waals surface area contributed by atoms with Gasteiger partial charge in [-0.2, -0.15) is 0 Å². The molecular formula is C13H17NOS. The molecule has 2 aromatic rings. The fraction of sp³-hybridized carbons (Fsp3) is 0.385. The Bertz CT molecular complexity index is 419. The van der Waals surface area contributed by atoms with Crippen LogP contribution in [0, 0.1) is 6.92 Å². The quantitative estimate of drug-likeness (QED) is 0.854. The van der Waals surface area contributed by atoms with Crippen LogP contribution in [-0.4, -0.2) is 6.54 Å². The highest BCUT2D eigenvalue weighted by molar-refractivity contribution is 7.10. The van der Waals surface area contributed by atoms with Crippen LogP contribution in [0.5, 0.6) is 0 Å². The summed E-state index contributed by atoms with van der Waals surface area (Å²) in [4.78, 5) is 1.34. The van der Waals surface area contributed by atoms with Gasteiger partial charge in [0.15, 0.2) is 0 Å². The number of rotatable bonds is 5. The second kappa shape index (κ2) is 5.32. The molecule has 1 atom stereocenters. The Kier molecular flexibility index (Phi) is 3.80. The molecular weight excluding hydrogens is 218 g/mol. The number of aryl methyl sites for hydroxylation is 1. The average Bonchev–Trinajstić information content (AvgIpc) is 2.91. The van der Waals surface area contributed by atoms with Gasteiger partial charge in [-0.15, -0.1) is 11.3 Å². The number of nitrogens with one attached hydrogen (secondary N) is 1. The number of hydrogen-bond donors (Lipinski definition) is 1. The van der Waals surface area contributed by atoms with Crippen molar-refractivity contribution in [2.75, 3.05) is 6.54 Å². The van der Waals surface area contributed by atoms with Crippen LogP contribution >= 0.6 is 11.3 Å². The van der Waals surface area contributed by atoms with E-state index >= 15 is 0 Å². The van der Waals surface area contributed by atoms with Crippen molar-refractivity contribution in [3.63, 3.8) is 0 Å². The van der Waals surface area contributed by atoms with Crippen LogP contribution in [0.15, 0.2) is 34.3 Å². The van der Waals surface area contributed by atoms with Crippen LogP contribution in [0.1, 0.15) is 35.6 Å². The van der Waals surface area contributed by atoms with Crippen molar-refractivity contribution < 1.29 is 4.42 Å². The molecule has 2 nitrogen and oxygen atoms in total. The van der Waals surface area contributed by atoms with Crippen molar-refractivity contribution >= 4 is 11.3 Å². The van der Waals surface area contributed by atoms with E-state index in [9.17, 15) is 0 Å². The third kappa shape index (κ3) is 2.54. The maximum Gasteiger partial charge on any atom is 0.125 e. The van der Waals surface area contributed by atoms with Crippen LogP contribution < -0.4 is 5.32 Å². The summed E-state index contributed by atoms with van der Waals surface area (Å²) in [5.41, 5.74) is 1.30. The predicted molar refractivity (Wildman–Crippen MR) is 67.9 cm³/mol. The number of furan rings is 1. The minimum absolute atomic E-state index is 0.194. The highest BCUT2D eigenvalue weighted by atomic mass is 32.1. The van der Waals surface area contributed by atoms with Gasteiger partial charge in [0.2, 0.25) is 0 Å². The van der Waals surface area contributed by atoms with Gasteiger partial charge in [-0.1, -0.05) is 6.92 Å². The van der Waals surface area contributed by atoms with Crippen LogP contribution in [0.2, 0.25) is 0 Å². The summed E-state index contributed by atoms with van der Waals surface area (Å²) in [6, 6.07) is 6.38. The Morgan fingerprint density at radius 2 is 2.38 bits per heavy atom. The normalized spacial score (nSPS) is 12.9. The summed E-state index contributed by atoms with van der Waals surface area (Å²) in [6.45, 7) is 5.30. The molecule has 0 aliphatic rings. The van der Waals surface area contributed by atoms with Crippen molar-refractivity contribution in [1.82, 2.24) is 5.32 Å². The molecule has 0 aliphatic heterocycles. The Balaban J connectivity index is 2.21. The van der Waals surface area contributed by atoms with E-state index in [2.05, 4.69) is 30.6 Å². The molecule has 0 radical (unpaired) electrons. The first-order valence-corrected chi connectivity index (χ1v) is 6.51. The van der Waals surface area contributed by atoms with E-state index in [1.807, 2.05) is 12.1 Å². The smallest absolute Gasteiger partial charge is 0.125 e. The zero-order valence-electron chi connectivity index (χ0n) is 9.69. The van der Waals surface area contributed by atoms with Crippen molar-refractivity contribution in [3.05, 3.63) is 46.0 Å². The molecule has 0 bridgehead atoms. The third-order valence-corrected chi connectivity index (χ3v) is 3.39. The summed E-state index contributed by atoms with van der Waals surface area (Å²) in [7, 11) is 0. The first-order valence-electron chi connectivity index (χ1n) is 5.63. The largest absolute Gasteiger partial charge is 0.467 e. The van der Waals surface area contributed by atoms with Crippen molar-refractivity contribution in [2.24, 2.45) is 0 Å². The molecule has 1 N–H and O–H groups in total. The van der Waals surface area contributed by atoms with Gasteiger partial charge in [-0.3, -0.25) is 0 Å². The maximum atomic E-state index is 5.50. The van der Waals surface area contributed by atoms with Gasteiger partial charge in [0.1, 0.15) is 5.76 Å². The molecule has 0 aliphatic carbocycles. The van der Waals surface area contributed by atoms with Crippen LogP contribution in [0.3, 0.4) is 0 Å².